The fraction of sp³-hybridized carbons (Fsp3) is 0.923. The molecule has 0 fully saturated rings. The van der Waals surface area contributed by atoms with Crippen LogP contribution >= 0.6 is 0 Å². The lowest BCUT2D eigenvalue weighted by Gasteiger charge is -2.25. The number of hydrogen-bond acceptors (Lipinski definition) is 2. The van der Waals surface area contributed by atoms with Crippen LogP contribution in [0.2, 0.25) is 0 Å². The van der Waals surface area contributed by atoms with E-state index in [1.807, 2.05) is 0 Å². The van der Waals surface area contributed by atoms with Gasteiger partial charge in [-0.2, -0.15) is 5.26 Å². The molecule has 1 unspecified atom stereocenters. The summed E-state index contributed by atoms with van der Waals surface area (Å²) in [6.07, 6.45) is 1.64. The van der Waals surface area contributed by atoms with Crippen molar-refractivity contribution in [3.63, 3.8) is 0 Å². The van der Waals surface area contributed by atoms with E-state index in [1.54, 1.807) is 0 Å². The highest BCUT2D eigenvalue weighted by molar-refractivity contribution is 4.79. The molecule has 0 aromatic heterocycles. The van der Waals surface area contributed by atoms with Gasteiger partial charge in [-0.25, -0.2) is 0 Å². The monoisotopic (exact) mass is 210 g/mol. The quantitative estimate of drug-likeness (QED) is 0.700. The molecule has 2 nitrogen and oxygen atoms in total. The molecule has 0 aromatic rings. The second-order valence-electron chi connectivity index (χ2n) is 5.67. The van der Waals surface area contributed by atoms with Crippen molar-refractivity contribution < 1.29 is 0 Å². The third-order valence-electron chi connectivity index (χ3n) is 3.12. The summed E-state index contributed by atoms with van der Waals surface area (Å²) in [7, 11) is 0. The van der Waals surface area contributed by atoms with Gasteiger partial charge in [-0.3, -0.25) is 0 Å². The van der Waals surface area contributed by atoms with E-state index in [0.717, 1.165) is 31.3 Å². The van der Waals surface area contributed by atoms with Crippen LogP contribution in [0.5, 0.6) is 0 Å². The Labute approximate surface area is 95.1 Å². The molecule has 0 heterocycles. The highest BCUT2D eigenvalue weighted by Crippen LogP contribution is 2.20. The van der Waals surface area contributed by atoms with E-state index < -0.39 is 0 Å². The van der Waals surface area contributed by atoms with E-state index in [2.05, 4.69) is 46.0 Å². The van der Waals surface area contributed by atoms with E-state index in [-0.39, 0.29) is 5.41 Å². The molecule has 0 rings (SSSR count). The first-order chi connectivity index (χ1) is 6.89. The summed E-state index contributed by atoms with van der Waals surface area (Å²) in [6.45, 7) is 13.3. The van der Waals surface area contributed by atoms with Crippen LogP contribution in [0.3, 0.4) is 0 Å². The van der Waals surface area contributed by atoms with Crippen LogP contribution in [0, 0.1) is 28.6 Å². The minimum absolute atomic E-state index is 0.242. The van der Waals surface area contributed by atoms with Gasteiger partial charge in [0.05, 0.1) is 6.07 Å². The number of hydrogen-bond donors (Lipinski definition) is 1. The molecule has 0 bridgehead atoms. The number of rotatable bonds is 7. The van der Waals surface area contributed by atoms with E-state index in [0.29, 0.717) is 6.42 Å². The molecule has 0 spiro atoms. The lowest BCUT2D eigenvalue weighted by Crippen LogP contribution is -2.33. The van der Waals surface area contributed by atoms with Gasteiger partial charge in [0.15, 0.2) is 0 Å². The molecule has 88 valence electrons. The van der Waals surface area contributed by atoms with Crippen molar-refractivity contribution >= 4 is 0 Å². The molecule has 0 radical (unpaired) electrons. The zero-order valence-electron chi connectivity index (χ0n) is 10.9. The standard InChI is InChI=1S/C13H26N2/c1-11(2)12(3)9-15-10-13(4,5)7-6-8-14/h11-12,15H,6-7,9-10H2,1-5H3. The first-order valence-electron chi connectivity index (χ1n) is 5.97. The SMILES string of the molecule is CC(C)C(C)CNCC(C)(C)CCC#N. The topological polar surface area (TPSA) is 35.8 Å². The number of nitrogens with one attached hydrogen (secondary N) is 1. The Morgan fingerprint density at radius 3 is 2.33 bits per heavy atom. The van der Waals surface area contributed by atoms with Gasteiger partial charge in [0.1, 0.15) is 0 Å². The minimum atomic E-state index is 0.242. The summed E-state index contributed by atoms with van der Waals surface area (Å²) in [4.78, 5) is 0. The molecule has 0 aromatic carbocycles. The zero-order valence-corrected chi connectivity index (χ0v) is 10.9. The van der Waals surface area contributed by atoms with Crippen LogP contribution < -0.4 is 5.32 Å². The molecule has 0 amide bonds. The third-order valence-corrected chi connectivity index (χ3v) is 3.12. The predicted molar refractivity (Wildman–Crippen MR) is 65.5 cm³/mol. The molecule has 1 N–H and O–H groups in total. The molecule has 1 atom stereocenters. The third kappa shape index (κ3) is 7.39. The maximum Gasteiger partial charge on any atom is 0.0621 e. The Morgan fingerprint density at radius 2 is 1.87 bits per heavy atom. The molecule has 0 aliphatic heterocycles. The Morgan fingerprint density at radius 1 is 1.27 bits per heavy atom. The van der Waals surface area contributed by atoms with Crippen molar-refractivity contribution in [2.45, 2.75) is 47.5 Å². The molecular formula is C13H26N2. The largest absolute Gasteiger partial charge is 0.316 e. The number of nitriles is 1. The minimum Gasteiger partial charge on any atom is -0.316 e. The second kappa shape index (κ2) is 6.85. The second-order valence-corrected chi connectivity index (χ2v) is 5.67. The van der Waals surface area contributed by atoms with Crippen molar-refractivity contribution in [1.29, 1.82) is 5.26 Å². The summed E-state index contributed by atoms with van der Waals surface area (Å²) in [6, 6.07) is 2.21. The molecule has 2 heteroatoms. The fourth-order valence-corrected chi connectivity index (χ4v) is 1.36. The Balaban J connectivity index is 3.70. The van der Waals surface area contributed by atoms with Gasteiger partial charge in [0.25, 0.3) is 0 Å². The first kappa shape index (κ1) is 14.5. The van der Waals surface area contributed by atoms with Crippen LogP contribution in [-0.4, -0.2) is 13.1 Å². The summed E-state index contributed by atoms with van der Waals surface area (Å²) in [5.41, 5.74) is 0.242. The average Bonchev–Trinajstić information content (AvgIpc) is 2.14. The molecule has 0 aliphatic rings. The fourth-order valence-electron chi connectivity index (χ4n) is 1.36. The highest BCUT2D eigenvalue weighted by atomic mass is 14.9. The lowest BCUT2D eigenvalue weighted by atomic mass is 9.87. The predicted octanol–water partition coefficient (Wildman–Crippen LogP) is 3.20. The van der Waals surface area contributed by atoms with Gasteiger partial charge in [-0.15, -0.1) is 0 Å². The Kier molecular flexibility index (Phi) is 6.60. The summed E-state index contributed by atoms with van der Waals surface area (Å²) in [5.74, 6) is 1.46. The molecule has 0 saturated heterocycles. The molecule has 15 heavy (non-hydrogen) atoms. The maximum absolute atomic E-state index is 8.55. The summed E-state index contributed by atoms with van der Waals surface area (Å²) >= 11 is 0. The zero-order chi connectivity index (χ0) is 11.9. The van der Waals surface area contributed by atoms with Crippen LogP contribution in [0.15, 0.2) is 0 Å². The average molecular weight is 210 g/mol. The van der Waals surface area contributed by atoms with Crippen molar-refractivity contribution in [1.82, 2.24) is 5.32 Å². The molecule has 0 aliphatic carbocycles. The van der Waals surface area contributed by atoms with Crippen molar-refractivity contribution in [2.24, 2.45) is 17.3 Å². The van der Waals surface area contributed by atoms with Gasteiger partial charge >= 0.3 is 0 Å². The Hall–Kier alpha value is -0.550. The van der Waals surface area contributed by atoms with E-state index in [9.17, 15) is 0 Å². The van der Waals surface area contributed by atoms with Crippen LogP contribution in [-0.2, 0) is 0 Å². The van der Waals surface area contributed by atoms with E-state index in [4.69, 9.17) is 5.26 Å². The van der Waals surface area contributed by atoms with Crippen LogP contribution in [0.1, 0.15) is 47.5 Å². The lowest BCUT2D eigenvalue weighted by molar-refractivity contribution is 0.296. The normalized spacial score (nSPS) is 13.9. The van der Waals surface area contributed by atoms with Gasteiger partial charge in [-0.05, 0) is 30.2 Å². The molecule has 0 saturated carbocycles. The van der Waals surface area contributed by atoms with Gasteiger partial charge in [-0.1, -0.05) is 34.6 Å². The van der Waals surface area contributed by atoms with Gasteiger partial charge < -0.3 is 5.32 Å². The van der Waals surface area contributed by atoms with E-state index in [1.165, 1.54) is 0 Å². The van der Waals surface area contributed by atoms with Crippen LogP contribution in [0.25, 0.3) is 0 Å². The van der Waals surface area contributed by atoms with Crippen molar-refractivity contribution in [3.05, 3.63) is 0 Å². The summed E-state index contributed by atoms with van der Waals surface area (Å²) < 4.78 is 0. The maximum atomic E-state index is 8.55. The highest BCUT2D eigenvalue weighted by Gasteiger charge is 2.17. The first-order valence-corrected chi connectivity index (χ1v) is 5.97. The molecular weight excluding hydrogens is 184 g/mol. The summed E-state index contributed by atoms with van der Waals surface area (Å²) in [5, 5.41) is 12.1. The number of nitrogens with zero attached hydrogens (tertiary/aromatic N) is 1. The van der Waals surface area contributed by atoms with E-state index >= 15 is 0 Å². The smallest absolute Gasteiger partial charge is 0.0621 e. The Bertz CT molecular complexity index is 201. The van der Waals surface area contributed by atoms with Crippen molar-refractivity contribution in [2.75, 3.05) is 13.1 Å². The van der Waals surface area contributed by atoms with Gasteiger partial charge in [0.2, 0.25) is 0 Å². The van der Waals surface area contributed by atoms with Crippen LogP contribution in [0.4, 0.5) is 0 Å². The van der Waals surface area contributed by atoms with Crippen molar-refractivity contribution in [3.8, 4) is 6.07 Å². The van der Waals surface area contributed by atoms with Gasteiger partial charge in [0, 0.05) is 13.0 Å².